The first-order valence-corrected chi connectivity index (χ1v) is 4.30. The van der Waals surface area contributed by atoms with Crippen molar-refractivity contribution < 1.29 is 9.50 Å². The summed E-state index contributed by atoms with van der Waals surface area (Å²) in [5.41, 5.74) is 0.874. The molecule has 0 radical (unpaired) electrons. The number of halogens is 1. The lowest BCUT2D eigenvalue weighted by Gasteiger charge is -2.00. The Morgan fingerprint density at radius 1 is 1.53 bits per heavy atom. The molecular weight excluding hydrogens is 193 g/mol. The highest BCUT2D eigenvalue weighted by Gasteiger charge is 2.00. The Balaban J connectivity index is 2.96. The van der Waals surface area contributed by atoms with Gasteiger partial charge in [0, 0.05) is 12.7 Å². The van der Waals surface area contributed by atoms with Gasteiger partial charge in [-0.25, -0.2) is 4.39 Å². The van der Waals surface area contributed by atoms with Crippen LogP contribution in [-0.4, -0.2) is 18.3 Å². The summed E-state index contributed by atoms with van der Waals surface area (Å²) >= 11 is 0. The molecule has 0 aliphatic carbocycles. The summed E-state index contributed by atoms with van der Waals surface area (Å²) in [6, 6.07) is 4.54. The van der Waals surface area contributed by atoms with Crippen LogP contribution < -0.4 is 5.32 Å². The van der Waals surface area contributed by atoms with Gasteiger partial charge in [-0.1, -0.05) is 17.8 Å². The fraction of sp³-hybridized carbons (Fsp3) is 0.167. The molecule has 0 amide bonds. The number of nitrogens with one attached hydrogen (secondary N) is 1. The second-order valence-electron chi connectivity index (χ2n) is 2.78. The zero-order chi connectivity index (χ0) is 11.3. The third-order valence-electron chi connectivity index (χ3n) is 1.76. The highest BCUT2D eigenvalue weighted by Crippen LogP contribution is 2.12. The highest BCUT2D eigenvalue weighted by molar-refractivity contribution is 5.49. The zero-order valence-corrected chi connectivity index (χ0v) is 8.21. The standard InChI is InChI=1S/C12H10FNO/c1-3-11(15)7-5-9-4-6-10(14-2)8-12(9)13/h1,4,6,8,11,14-15H,2H3. The fourth-order valence-corrected chi connectivity index (χ4v) is 0.960. The Labute approximate surface area is 88.1 Å². The molecule has 15 heavy (non-hydrogen) atoms. The van der Waals surface area contributed by atoms with E-state index in [2.05, 4.69) is 17.2 Å². The van der Waals surface area contributed by atoms with Crippen LogP contribution in [-0.2, 0) is 0 Å². The highest BCUT2D eigenvalue weighted by atomic mass is 19.1. The molecule has 0 aromatic heterocycles. The maximum Gasteiger partial charge on any atom is 0.176 e. The minimum Gasteiger partial charge on any atom is -0.388 e. The van der Waals surface area contributed by atoms with E-state index in [1.165, 1.54) is 12.1 Å². The third kappa shape index (κ3) is 3.02. The van der Waals surface area contributed by atoms with Crippen LogP contribution >= 0.6 is 0 Å². The van der Waals surface area contributed by atoms with Gasteiger partial charge in [-0.2, -0.15) is 0 Å². The molecule has 0 bridgehead atoms. The van der Waals surface area contributed by atoms with E-state index in [0.29, 0.717) is 5.69 Å². The summed E-state index contributed by atoms with van der Waals surface area (Å²) in [4.78, 5) is 0. The molecule has 0 saturated heterocycles. The minimum atomic E-state index is -1.16. The van der Waals surface area contributed by atoms with Crippen LogP contribution in [0.1, 0.15) is 5.56 Å². The molecule has 0 saturated carbocycles. The molecule has 76 valence electrons. The number of aliphatic hydroxyl groups is 1. The van der Waals surface area contributed by atoms with Crippen LogP contribution in [0.5, 0.6) is 0 Å². The second-order valence-corrected chi connectivity index (χ2v) is 2.78. The van der Waals surface area contributed by atoms with Crippen molar-refractivity contribution in [1.82, 2.24) is 0 Å². The van der Waals surface area contributed by atoms with E-state index < -0.39 is 11.9 Å². The van der Waals surface area contributed by atoms with Crippen LogP contribution in [0, 0.1) is 30.0 Å². The maximum absolute atomic E-state index is 13.3. The first-order valence-electron chi connectivity index (χ1n) is 4.30. The molecule has 0 heterocycles. The van der Waals surface area contributed by atoms with E-state index >= 15 is 0 Å². The van der Waals surface area contributed by atoms with Crippen molar-refractivity contribution in [3.8, 4) is 24.2 Å². The van der Waals surface area contributed by atoms with Crippen molar-refractivity contribution in [2.24, 2.45) is 0 Å². The Hall–Kier alpha value is -1.97. The smallest absolute Gasteiger partial charge is 0.176 e. The largest absolute Gasteiger partial charge is 0.388 e. The van der Waals surface area contributed by atoms with E-state index in [1.54, 1.807) is 13.1 Å². The van der Waals surface area contributed by atoms with E-state index in [0.717, 1.165) is 0 Å². The lowest BCUT2D eigenvalue weighted by Crippen LogP contribution is -1.97. The molecule has 0 spiro atoms. The topological polar surface area (TPSA) is 32.3 Å². The molecular formula is C12H10FNO. The van der Waals surface area contributed by atoms with Gasteiger partial charge in [-0.3, -0.25) is 0 Å². The van der Waals surface area contributed by atoms with Crippen LogP contribution in [0.15, 0.2) is 18.2 Å². The van der Waals surface area contributed by atoms with Crippen molar-refractivity contribution in [1.29, 1.82) is 0 Å². The monoisotopic (exact) mass is 203 g/mol. The quantitative estimate of drug-likeness (QED) is 0.672. The van der Waals surface area contributed by atoms with Crippen LogP contribution in [0.2, 0.25) is 0 Å². The predicted molar refractivity (Wildman–Crippen MR) is 57.7 cm³/mol. The van der Waals surface area contributed by atoms with Gasteiger partial charge >= 0.3 is 0 Å². The fourth-order valence-electron chi connectivity index (χ4n) is 0.960. The van der Waals surface area contributed by atoms with Crippen molar-refractivity contribution in [2.45, 2.75) is 6.10 Å². The molecule has 1 rings (SSSR count). The van der Waals surface area contributed by atoms with Gasteiger partial charge in [-0.05, 0) is 18.2 Å². The molecule has 2 N–H and O–H groups in total. The van der Waals surface area contributed by atoms with Gasteiger partial charge in [0.25, 0.3) is 0 Å². The van der Waals surface area contributed by atoms with Gasteiger partial charge in [-0.15, -0.1) is 6.42 Å². The van der Waals surface area contributed by atoms with E-state index in [4.69, 9.17) is 11.5 Å². The summed E-state index contributed by atoms with van der Waals surface area (Å²) in [7, 11) is 1.70. The Morgan fingerprint density at radius 2 is 2.27 bits per heavy atom. The number of terminal acetylenes is 1. The number of benzene rings is 1. The van der Waals surface area contributed by atoms with Crippen LogP contribution in [0.4, 0.5) is 10.1 Å². The van der Waals surface area contributed by atoms with Gasteiger partial charge in [0.1, 0.15) is 5.82 Å². The van der Waals surface area contributed by atoms with Gasteiger partial charge < -0.3 is 10.4 Å². The van der Waals surface area contributed by atoms with Gasteiger partial charge in [0.15, 0.2) is 6.10 Å². The lowest BCUT2D eigenvalue weighted by atomic mass is 10.2. The Morgan fingerprint density at radius 3 is 2.80 bits per heavy atom. The summed E-state index contributed by atoms with van der Waals surface area (Å²) in [5, 5.41) is 11.8. The number of rotatable bonds is 1. The Bertz CT molecular complexity index is 451. The molecule has 1 aromatic carbocycles. The number of hydrogen-bond donors (Lipinski definition) is 2. The summed E-state index contributed by atoms with van der Waals surface area (Å²) in [6.45, 7) is 0. The summed E-state index contributed by atoms with van der Waals surface area (Å²) in [5.74, 6) is 6.38. The van der Waals surface area contributed by atoms with E-state index in [-0.39, 0.29) is 5.56 Å². The lowest BCUT2D eigenvalue weighted by molar-refractivity contribution is 0.290. The molecule has 0 fully saturated rings. The van der Waals surface area contributed by atoms with Crippen molar-refractivity contribution in [2.75, 3.05) is 12.4 Å². The average Bonchev–Trinajstić information content (AvgIpc) is 2.26. The van der Waals surface area contributed by atoms with Gasteiger partial charge in [0.2, 0.25) is 0 Å². The van der Waals surface area contributed by atoms with Crippen molar-refractivity contribution in [3.63, 3.8) is 0 Å². The van der Waals surface area contributed by atoms with Gasteiger partial charge in [0.05, 0.1) is 5.56 Å². The molecule has 1 unspecified atom stereocenters. The van der Waals surface area contributed by atoms with E-state index in [1.807, 2.05) is 5.92 Å². The number of hydrogen-bond acceptors (Lipinski definition) is 2. The van der Waals surface area contributed by atoms with Crippen LogP contribution in [0.25, 0.3) is 0 Å². The first-order chi connectivity index (χ1) is 7.17. The first kappa shape index (κ1) is 11.1. The maximum atomic E-state index is 13.3. The molecule has 0 aliphatic rings. The molecule has 3 heteroatoms. The average molecular weight is 203 g/mol. The predicted octanol–water partition coefficient (Wildman–Crippen LogP) is 1.21. The number of aliphatic hydroxyl groups excluding tert-OH is 1. The Kier molecular flexibility index (Phi) is 3.74. The third-order valence-corrected chi connectivity index (χ3v) is 1.76. The summed E-state index contributed by atoms with van der Waals surface area (Å²) < 4.78 is 13.3. The molecule has 0 aliphatic heterocycles. The molecule has 1 aromatic rings. The number of anilines is 1. The minimum absolute atomic E-state index is 0.211. The molecule has 1 atom stereocenters. The summed E-state index contributed by atoms with van der Waals surface area (Å²) in [6.07, 6.45) is 3.75. The molecule has 2 nitrogen and oxygen atoms in total. The van der Waals surface area contributed by atoms with Crippen LogP contribution in [0.3, 0.4) is 0 Å². The zero-order valence-electron chi connectivity index (χ0n) is 8.21. The normalized spacial score (nSPS) is 10.8. The van der Waals surface area contributed by atoms with Crippen molar-refractivity contribution >= 4 is 5.69 Å². The second kappa shape index (κ2) is 5.05. The van der Waals surface area contributed by atoms with E-state index in [9.17, 15) is 4.39 Å². The SMILES string of the molecule is C#CC(O)C#Cc1ccc(NC)cc1F. The van der Waals surface area contributed by atoms with Crippen molar-refractivity contribution in [3.05, 3.63) is 29.6 Å².